The summed E-state index contributed by atoms with van der Waals surface area (Å²) in [6.45, 7) is 10.6. The number of rotatable bonds is 6. The summed E-state index contributed by atoms with van der Waals surface area (Å²) in [6, 6.07) is 0.695. The number of likely N-dealkylation sites (N-methyl/N-ethyl adjacent to an activating group) is 1. The van der Waals surface area contributed by atoms with E-state index in [0.29, 0.717) is 6.04 Å². The molecule has 3 nitrogen and oxygen atoms in total. The van der Waals surface area contributed by atoms with Gasteiger partial charge in [0.1, 0.15) is 0 Å². The lowest BCUT2D eigenvalue weighted by Gasteiger charge is -2.37. The zero-order chi connectivity index (χ0) is 12.0. The highest BCUT2D eigenvalue weighted by molar-refractivity contribution is 4.78. The van der Waals surface area contributed by atoms with Crippen LogP contribution in [0, 0.1) is 5.92 Å². The van der Waals surface area contributed by atoms with Crippen molar-refractivity contribution in [2.45, 2.75) is 32.7 Å². The Balaban J connectivity index is 2.20. The predicted molar refractivity (Wildman–Crippen MR) is 70.9 cm³/mol. The van der Waals surface area contributed by atoms with E-state index >= 15 is 0 Å². The second kappa shape index (κ2) is 7.25. The minimum absolute atomic E-state index is 0.695. The Bertz CT molecular complexity index is 174. The van der Waals surface area contributed by atoms with Crippen LogP contribution in [0.5, 0.6) is 0 Å². The summed E-state index contributed by atoms with van der Waals surface area (Å²) in [4.78, 5) is 4.96. The summed E-state index contributed by atoms with van der Waals surface area (Å²) >= 11 is 0. The van der Waals surface area contributed by atoms with E-state index in [1.54, 1.807) is 0 Å². The van der Waals surface area contributed by atoms with Crippen LogP contribution in [0.1, 0.15) is 26.7 Å². The molecule has 0 bridgehead atoms. The van der Waals surface area contributed by atoms with Crippen LogP contribution in [0.2, 0.25) is 0 Å². The van der Waals surface area contributed by atoms with Gasteiger partial charge in [-0.1, -0.05) is 6.92 Å². The van der Waals surface area contributed by atoms with E-state index in [4.69, 9.17) is 0 Å². The van der Waals surface area contributed by atoms with Crippen molar-refractivity contribution in [1.82, 2.24) is 15.1 Å². The molecule has 0 saturated carbocycles. The molecule has 0 spiro atoms. The van der Waals surface area contributed by atoms with Gasteiger partial charge in [0.2, 0.25) is 0 Å². The Hall–Kier alpha value is -0.120. The van der Waals surface area contributed by atoms with Crippen molar-refractivity contribution in [2.75, 3.05) is 46.8 Å². The quantitative estimate of drug-likeness (QED) is 0.737. The summed E-state index contributed by atoms with van der Waals surface area (Å²) in [5.41, 5.74) is 0. The minimum atomic E-state index is 0.695. The smallest absolute Gasteiger partial charge is 0.0192 e. The fourth-order valence-corrected chi connectivity index (χ4v) is 2.58. The van der Waals surface area contributed by atoms with Crippen LogP contribution in [0.4, 0.5) is 0 Å². The fraction of sp³-hybridized carbons (Fsp3) is 1.00. The van der Waals surface area contributed by atoms with Crippen LogP contribution in [0.3, 0.4) is 0 Å². The monoisotopic (exact) mass is 227 g/mol. The van der Waals surface area contributed by atoms with E-state index < -0.39 is 0 Å². The third kappa shape index (κ3) is 4.81. The van der Waals surface area contributed by atoms with Crippen molar-refractivity contribution in [3.8, 4) is 0 Å². The van der Waals surface area contributed by atoms with Crippen LogP contribution in [0.15, 0.2) is 0 Å². The van der Waals surface area contributed by atoms with E-state index in [-0.39, 0.29) is 0 Å². The van der Waals surface area contributed by atoms with E-state index in [1.165, 1.54) is 32.5 Å². The van der Waals surface area contributed by atoms with Crippen LogP contribution < -0.4 is 5.32 Å². The maximum atomic E-state index is 3.44. The highest BCUT2D eigenvalue weighted by atomic mass is 15.2. The van der Waals surface area contributed by atoms with Gasteiger partial charge in [-0.3, -0.25) is 4.90 Å². The van der Waals surface area contributed by atoms with Crippen molar-refractivity contribution in [3.05, 3.63) is 0 Å². The van der Waals surface area contributed by atoms with Crippen molar-refractivity contribution >= 4 is 0 Å². The number of nitrogens with one attached hydrogen (secondary N) is 1. The highest BCUT2D eigenvalue weighted by Crippen LogP contribution is 2.19. The molecule has 0 aromatic rings. The molecular weight excluding hydrogens is 198 g/mol. The van der Waals surface area contributed by atoms with Crippen LogP contribution in [-0.2, 0) is 0 Å². The molecular formula is C13H29N3. The van der Waals surface area contributed by atoms with Crippen LogP contribution in [-0.4, -0.2) is 62.7 Å². The number of hydrogen-bond donors (Lipinski definition) is 1. The molecule has 0 aromatic heterocycles. The van der Waals surface area contributed by atoms with E-state index in [2.05, 4.69) is 43.1 Å². The first-order valence-corrected chi connectivity index (χ1v) is 6.73. The maximum Gasteiger partial charge on any atom is 0.0192 e. The first-order chi connectivity index (χ1) is 7.63. The Morgan fingerprint density at radius 2 is 1.94 bits per heavy atom. The molecule has 1 atom stereocenters. The summed E-state index contributed by atoms with van der Waals surface area (Å²) in [5, 5.41) is 3.44. The van der Waals surface area contributed by atoms with Crippen molar-refractivity contribution in [2.24, 2.45) is 5.92 Å². The molecule has 1 aliphatic heterocycles. The van der Waals surface area contributed by atoms with Crippen molar-refractivity contribution in [1.29, 1.82) is 0 Å². The van der Waals surface area contributed by atoms with Gasteiger partial charge in [-0.2, -0.15) is 0 Å². The lowest BCUT2D eigenvalue weighted by Crippen LogP contribution is -2.45. The topological polar surface area (TPSA) is 18.5 Å². The molecule has 3 heteroatoms. The molecule has 0 radical (unpaired) electrons. The molecule has 0 amide bonds. The molecule has 1 N–H and O–H groups in total. The lowest BCUT2D eigenvalue weighted by atomic mass is 9.95. The van der Waals surface area contributed by atoms with Crippen molar-refractivity contribution < 1.29 is 0 Å². The van der Waals surface area contributed by atoms with Gasteiger partial charge < -0.3 is 10.2 Å². The second-order valence-corrected chi connectivity index (χ2v) is 5.40. The second-order valence-electron chi connectivity index (χ2n) is 5.40. The highest BCUT2D eigenvalue weighted by Gasteiger charge is 2.22. The summed E-state index contributed by atoms with van der Waals surface area (Å²) < 4.78 is 0. The minimum Gasteiger partial charge on any atom is -0.315 e. The van der Waals surface area contributed by atoms with Gasteiger partial charge >= 0.3 is 0 Å². The van der Waals surface area contributed by atoms with Gasteiger partial charge in [-0.05, 0) is 59.4 Å². The SMILES string of the molecule is CCNCC(C)N1CCC(CN(C)C)CC1. The first kappa shape index (κ1) is 13.9. The van der Waals surface area contributed by atoms with Crippen LogP contribution >= 0.6 is 0 Å². The van der Waals surface area contributed by atoms with Gasteiger partial charge in [0.15, 0.2) is 0 Å². The molecule has 0 aliphatic carbocycles. The van der Waals surface area contributed by atoms with Gasteiger partial charge in [0, 0.05) is 19.1 Å². The molecule has 16 heavy (non-hydrogen) atoms. The van der Waals surface area contributed by atoms with Gasteiger partial charge in [0.25, 0.3) is 0 Å². The summed E-state index contributed by atoms with van der Waals surface area (Å²) in [5.74, 6) is 0.914. The molecule has 1 aliphatic rings. The number of likely N-dealkylation sites (tertiary alicyclic amines) is 1. The Labute approximate surface area is 101 Å². The number of piperidine rings is 1. The fourth-order valence-electron chi connectivity index (χ4n) is 2.58. The Morgan fingerprint density at radius 3 is 2.44 bits per heavy atom. The molecule has 1 unspecified atom stereocenters. The molecule has 0 aromatic carbocycles. The molecule has 1 fully saturated rings. The number of hydrogen-bond acceptors (Lipinski definition) is 3. The number of nitrogens with zero attached hydrogens (tertiary/aromatic N) is 2. The third-order valence-corrected chi connectivity index (χ3v) is 3.59. The largest absolute Gasteiger partial charge is 0.315 e. The van der Waals surface area contributed by atoms with E-state index in [1.807, 2.05) is 0 Å². The third-order valence-electron chi connectivity index (χ3n) is 3.59. The Kier molecular flexibility index (Phi) is 6.32. The molecule has 1 rings (SSSR count). The van der Waals surface area contributed by atoms with Crippen LogP contribution in [0.25, 0.3) is 0 Å². The van der Waals surface area contributed by atoms with Gasteiger partial charge in [-0.25, -0.2) is 0 Å². The normalized spacial score (nSPS) is 21.6. The average Bonchev–Trinajstić information content (AvgIpc) is 2.26. The molecule has 1 saturated heterocycles. The molecule has 1 heterocycles. The predicted octanol–water partition coefficient (Wildman–Crippen LogP) is 1.26. The zero-order valence-electron chi connectivity index (χ0n) is 11.5. The van der Waals surface area contributed by atoms with Gasteiger partial charge in [0.05, 0.1) is 0 Å². The summed E-state index contributed by atoms with van der Waals surface area (Å²) in [7, 11) is 4.36. The lowest BCUT2D eigenvalue weighted by molar-refractivity contribution is 0.126. The zero-order valence-corrected chi connectivity index (χ0v) is 11.5. The standard InChI is InChI=1S/C13H29N3/c1-5-14-10-12(2)16-8-6-13(7-9-16)11-15(3)4/h12-14H,5-11H2,1-4H3. The first-order valence-electron chi connectivity index (χ1n) is 6.73. The van der Waals surface area contributed by atoms with E-state index in [9.17, 15) is 0 Å². The molecule has 96 valence electrons. The van der Waals surface area contributed by atoms with Crippen molar-refractivity contribution in [3.63, 3.8) is 0 Å². The summed E-state index contributed by atoms with van der Waals surface area (Å²) in [6.07, 6.45) is 2.74. The Morgan fingerprint density at radius 1 is 1.31 bits per heavy atom. The van der Waals surface area contributed by atoms with E-state index in [0.717, 1.165) is 19.0 Å². The maximum absolute atomic E-state index is 3.44. The average molecular weight is 227 g/mol. The van der Waals surface area contributed by atoms with Gasteiger partial charge in [-0.15, -0.1) is 0 Å².